The fraction of sp³-hybridized carbons (Fsp3) is 0.308. The zero-order chi connectivity index (χ0) is 16.0. The Balaban J connectivity index is 2.74. The Hall–Kier alpha value is -1.96. The van der Waals surface area contributed by atoms with Gasteiger partial charge < -0.3 is 15.2 Å². The number of methoxy groups -OCH3 is 1. The number of rotatable bonds is 6. The fourth-order valence-electron chi connectivity index (χ4n) is 1.50. The molecule has 1 unspecified atom stereocenters. The molecule has 0 spiro atoms. The molecule has 21 heavy (non-hydrogen) atoms. The van der Waals surface area contributed by atoms with Crippen molar-refractivity contribution < 1.29 is 28.6 Å². The Morgan fingerprint density at radius 1 is 1.43 bits per heavy atom. The number of amides is 1. The number of carbonyl (C=O) groups is 3. The minimum absolute atomic E-state index is 0.0941. The minimum Gasteiger partial charge on any atom is -0.480 e. The predicted octanol–water partition coefficient (Wildman–Crippen LogP) is 1.72. The van der Waals surface area contributed by atoms with E-state index < -0.39 is 29.7 Å². The minimum atomic E-state index is -1.27. The number of carboxylic acids is 1. The highest BCUT2D eigenvalue weighted by molar-refractivity contribution is 9.10. The third-order valence-corrected chi connectivity index (χ3v) is 3.26. The summed E-state index contributed by atoms with van der Waals surface area (Å²) in [4.78, 5) is 34.0. The highest BCUT2D eigenvalue weighted by Crippen LogP contribution is 2.17. The van der Waals surface area contributed by atoms with Gasteiger partial charge in [-0.3, -0.25) is 9.59 Å². The summed E-state index contributed by atoms with van der Waals surface area (Å²) in [6, 6.07) is 2.32. The van der Waals surface area contributed by atoms with E-state index in [1.54, 1.807) is 0 Å². The molecule has 0 aromatic heterocycles. The quantitative estimate of drug-likeness (QED) is 0.752. The molecule has 8 heteroatoms. The second kappa shape index (κ2) is 7.72. The molecule has 0 aliphatic heterocycles. The van der Waals surface area contributed by atoms with Crippen LogP contribution in [0.3, 0.4) is 0 Å². The summed E-state index contributed by atoms with van der Waals surface area (Å²) in [6.45, 7) is 0. The summed E-state index contributed by atoms with van der Waals surface area (Å²) in [5.74, 6) is -3.05. The highest BCUT2D eigenvalue weighted by Gasteiger charge is 2.22. The van der Waals surface area contributed by atoms with Gasteiger partial charge in [0, 0.05) is 12.0 Å². The van der Waals surface area contributed by atoms with Gasteiger partial charge in [-0.2, -0.15) is 0 Å². The third kappa shape index (κ3) is 5.14. The summed E-state index contributed by atoms with van der Waals surface area (Å²) < 4.78 is 17.6. The van der Waals surface area contributed by atoms with Gasteiger partial charge in [0.1, 0.15) is 11.9 Å². The van der Waals surface area contributed by atoms with Crippen LogP contribution >= 0.6 is 15.9 Å². The van der Waals surface area contributed by atoms with Crippen LogP contribution in [0.1, 0.15) is 23.2 Å². The lowest BCUT2D eigenvalue weighted by Crippen LogP contribution is -2.41. The van der Waals surface area contributed by atoms with Crippen LogP contribution in [-0.4, -0.2) is 36.1 Å². The molecule has 2 N–H and O–H groups in total. The van der Waals surface area contributed by atoms with Crippen molar-refractivity contribution in [2.45, 2.75) is 18.9 Å². The van der Waals surface area contributed by atoms with Crippen LogP contribution in [-0.2, 0) is 14.3 Å². The largest absolute Gasteiger partial charge is 0.480 e. The van der Waals surface area contributed by atoms with E-state index in [-0.39, 0.29) is 22.9 Å². The van der Waals surface area contributed by atoms with E-state index in [0.717, 1.165) is 6.07 Å². The van der Waals surface area contributed by atoms with Crippen molar-refractivity contribution in [3.8, 4) is 0 Å². The first-order chi connectivity index (χ1) is 9.85. The van der Waals surface area contributed by atoms with Gasteiger partial charge in [0.15, 0.2) is 0 Å². The lowest BCUT2D eigenvalue weighted by atomic mass is 10.1. The normalized spacial score (nSPS) is 11.6. The van der Waals surface area contributed by atoms with E-state index in [4.69, 9.17) is 5.11 Å². The number of hydrogen-bond donors (Lipinski definition) is 2. The van der Waals surface area contributed by atoms with Gasteiger partial charge >= 0.3 is 11.9 Å². The smallest absolute Gasteiger partial charge is 0.326 e. The maximum Gasteiger partial charge on any atom is 0.326 e. The molecule has 1 rings (SSSR count). The molecule has 0 heterocycles. The number of hydrogen-bond acceptors (Lipinski definition) is 4. The molecule has 6 nitrogen and oxygen atoms in total. The van der Waals surface area contributed by atoms with Crippen LogP contribution in [0.25, 0.3) is 0 Å². The number of halogens is 2. The van der Waals surface area contributed by atoms with Gasteiger partial charge in [0.05, 0.1) is 11.6 Å². The fourth-order valence-corrected chi connectivity index (χ4v) is 1.88. The average Bonchev–Trinajstić information content (AvgIpc) is 2.45. The molecule has 0 fully saturated rings. The first-order valence-corrected chi connectivity index (χ1v) is 6.70. The number of aliphatic carboxylic acids is 1. The van der Waals surface area contributed by atoms with Gasteiger partial charge in [-0.05, 0) is 40.5 Å². The van der Waals surface area contributed by atoms with Gasteiger partial charge in [0.2, 0.25) is 0 Å². The van der Waals surface area contributed by atoms with Crippen LogP contribution in [0, 0.1) is 5.82 Å². The molecule has 1 aromatic carbocycles. The zero-order valence-corrected chi connectivity index (χ0v) is 12.6. The first kappa shape index (κ1) is 17.1. The SMILES string of the molecule is COC(=O)CCC(NC(=O)c1ccc(F)c(Br)c1)C(=O)O. The summed E-state index contributed by atoms with van der Waals surface area (Å²) in [6.07, 6.45) is -0.239. The molecule has 114 valence electrons. The molecule has 1 aromatic rings. The van der Waals surface area contributed by atoms with Gasteiger partial charge in [-0.1, -0.05) is 0 Å². The van der Waals surface area contributed by atoms with E-state index in [0.29, 0.717) is 0 Å². The number of ether oxygens (including phenoxy) is 1. The molecule has 0 saturated carbocycles. The Morgan fingerprint density at radius 3 is 2.62 bits per heavy atom. The maximum atomic E-state index is 13.1. The molecule has 0 radical (unpaired) electrons. The van der Waals surface area contributed by atoms with Crippen LogP contribution < -0.4 is 5.32 Å². The molecule has 1 amide bonds. The molecule has 0 aliphatic rings. The van der Waals surface area contributed by atoms with Crippen molar-refractivity contribution in [3.05, 3.63) is 34.1 Å². The highest BCUT2D eigenvalue weighted by atomic mass is 79.9. The Morgan fingerprint density at radius 2 is 2.10 bits per heavy atom. The van der Waals surface area contributed by atoms with Crippen molar-refractivity contribution in [1.29, 1.82) is 0 Å². The van der Waals surface area contributed by atoms with E-state index in [2.05, 4.69) is 26.0 Å². The van der Waals surface area contributed by atoms with Gasteiger partial charge in [-0.25, -0.2) is 9.18 Å². The predicted molar refractivity (Wildman–Crippen MR) is 74.2 cm³/mol. The van der Waals surface area contributed by atoms with Crippen LogP contribution in [0.2, 0.25) is 0 Å². The van der Waals surface area contributed by atoms with Crippen LogP contribution in [0.5, 0.6) is 0 Å². The first-order valence-electron chi connectivity index (χ1n) is 5.90. The monoisotopic (exact) mass is 361 g/mol. The molecule has 0 bridgehead atoms. The van der Waals surface area contributed by atoms with Crippen molar-refractivity contribution in [2.24, 2.45) is 0 Å². The standard InChI is InChI=1S/C13H13BrFNO5/c1-21-11(17)5-4-10(13(19)20)16-12(18)7-2-3-9(15)8(14)6-7/h2-3,6,10H,4-5H2,1H3,(H,16,18)(H,19,20). The van der Waals surface area contributed by atoms with E-state index in [1.807, 2.05) is 0 Å². The second-order valence-electron chi connectivity index (χ2n) is 4.11. The Bertz CT molecular complexity index is 563. The Labute approximate surface area is 128 Å². The van der Waals surface area contributed by atoms with Crippen molar-refractivity contribution >= 4 is 33.8 Å². The van der Waals surface area contributed by atoms with Crippen molar-refractivity contribution in [1.82, 2.24) is 5.32 Å². The average molecular weight is 362 g/mol. The molecular formula is C13H13BrFNO5. The number of carbonyl (C=O) groups excluding carboxylic acids is 2. The third-order valence-electron chi connectivity index (χ3n) is 2.65. The van der Waals surface area contributed by atoms with Crippen molar-refractivity contribution in [3.63, 3.8) is 0 Å². The van der Waals surface area contributed by atoms with E-state index in [9.17, 15) is 18.8 Å². The Kier molecular flexibility index (Phi) is 6.29. The van der Waals surface area contributed by atoms with E-state index >= 15 is 0 Å². The number of carboxylic acid groups (broad SMARTS) is 1. The summed E-state index contributed by atoms with van der Waals surface area (Å²) in [7, 11) is 1.19. The molecule has 0 aliphatic carbocycles. The zero-order valence-electron chi connectivity index (χ0n) is 11.1. The lowest BCUT2D eigenvalue weighted by molar-refractivity contribution is -0.142. The van der Waals surface area contributed by atoms with Crippen LogP contribution in [0.4, 0.5) is 4.39 Å². The molecule has 1 atom stereocenters. The number of benzene rings is 1. The maximum absolute atomic E-state index is 13.1. The summed E-state index contributed by atoms with van der Waals surface area (Å²) in [5.41, 5.74) is 0.104. The summed E-state index contributed by atoms with van der Waals surface area (Å²) in [5, 5.41) is 11.3. The van der Waals surface area contributed by atoms with Gasteiger partial charge in [0.25, 0.3) is 5.91 Å². The number of nitrogens with one attached hydrogen (secondary N) is 1. The van der Waals surface area contributed by atoms with Crippen LogP contribution in [0.15, 0.2) is 22.7 Å². The topological polar surface area (TPSA) is 92.7 Å². The van der Waals surface area contributed by atoms with Crippen molar-refractivity contribution in [2.75, 3.05) is 7.11 Å². The summed E-state index contributed by atoms with van der Waals surface area (Å²) >= 11 is 2.94. The second-order valence-corrected chi connectivity index (χ2v) is 4.96. The number of esters is 1. The van der Waals surface area contributed by atoms with E-state index in [1.165, 1.54) is 19.2 Å². The molecular weight excluding hydrogens is 349 g/mol. The van der Waals surface area contributed by atoms with Gasteiger partial charge in [-0.15, -0.1) is 0 Å². The lowest BCUT2D eigenvalue weighted by Gasteiger charge is -2.14. The molecule has 0 saturated heterocycles.